The Labute approximate surface area is 91.6 Å². The van der Waals surface area contributed by atoms with Gasteiger partial charge in [0.05, 0.1) is 5.75 Å². The van der Waals surface area contributed by atoms with Crippen LogP contribution in [0.4, 0.5) is 5.82 Å². The summed E-state index contributed by atoms with van der Waals surface area (Å²) in [6.07, 6.45) is 2.28. The molecule has 0 radical (unpaired) electrons. The van der Waals surface area contributed by atoms with E-state index in [1.54, 1.807) is 0 Å². The predicted molar refractivity (Wildman–Crippen MR) is 54.6 cm³/mol. The maximum atomic E-state index is 10.4. The summed E-state index contributed by atoms with van der Waals surface area (Å²) in [5.41, 5.74) is 0. The Morgan fingerprint density at radius 2 is 2.19 bits per heavy atom. The molecule has 0 saturated carbocycles. The molecule has 0 aromatic carbocycles. The smallest absolute Gasteiger partial charge is 0.340 e. The molecule has 0 bridgehead atoms. The summed E-state index contributed by atoms with van der Waals surface area (Å²) in [5, 5.41) is 10.3. The molecule has 0 spiro atoms. The van der Waals surface area contributed by atoms with Crippen molar-refractivity contribution in [2.45, 2.75) is 19.3 Å². The fourth-order valence-corrected chi connectivity index (χ4v) is 1.72. The Hall–Kier alpha value is -1.48. The molecule has 0 aliphatic carbocycles. The van der Waals surface area contributed by atoms with Gasteiger partial charge in [-0.25, -0.2) is 9.97 Å². The Kier molecular flexibility index (Phi) is 3.96. The topological polar surface area (TPSA) is 126 Å². The molecule has 0 atom stereocenters. The van der Waals surface area contributed by atoms with Crippen LogP contribution >= 0.6 is 0 Å². The lowest BCUT2D eigenvalue weighted by Gasteiger charge is -1.95. The number of rotatable bonds is 6. The lowest BCUT2D eigenvalue weighted by atomic mass is 10.2. The first-order chi connectivity index (χ1) is 7.38. The van der Waals surface area contributed by atoms with Gasteiger partial charge in [0.15, 0.2) is 5.82 Å². The summed E-state index contributed by atoms with van der Waals surface area (Å²) >= 11 is 0. The second kappa shape index (κ2) is 5.03. The first-order valence-electron chi connectivity index (χ1n) is 4.52. The number of aryl methyl sites for hydroxylation is 1. The lowest BCUT2D eigenvalue weighted by molar-refractivity contribution is -0.389. The molecule has 90 valence electrons. The van der Waals surface area contributed by atoms with Crippen molar-refractivity contribution < 1.29 is 17.9 Å². The van der Waals surface area contributed by atoms with Gasteiger partial charge in [0.2, 0.25) is 0 Å². The van der Waals surface area contributed by atoms with Gasteiger partial charge in [-0.2, -0.15) is 8.42 Å². The van der Waals surface area contributed by atoms with Crippen LogP contribution < -0.4 is 0 Å². The fraction of sp³-hybridized carbons (Fsp3) is 0.571. The van der Waals surface area contributed by atoms with Crippen molar-refractivity contribution >= 4 is 15.9 Å². The molecule has 0 aliphatic rings. The number of hydrogen-bond donors (Lipinski definition) is 2. The number of aromatic nitrogens is 2. The monoisotopic (exact) mass is 249 g/mol. The summed E-state index contributed by atoms with van der Waals surface area (Å²) in [5.74, 6) is -0.0673. The summed E-state index contributed by atoms with van der Waals surface area (Å²) in [4.78, 5) is 16.0. The van der Waals surface area contributed by atoms with Crippen LogP contribution in [0.1, 0.15) is 18.7 Å². The number of unbranched alkanes of at least 4 members (excludes halogenated alkanes) is 1. The second-order valence-electron chi connectivity index (χ2n) is 3.22. The second-order valence-corrected chi connectivity index (χ2v) is 4.79. The van der Waals surface area contributed by atoms with Crippen LogP contribution in [0.3, 0.4) is 0 Å². The molecule has 1 heterocycles. The zero-order valence-electron chi connectivity index (χ0n) is 8.29. The zero-order valence-corrected chi connectivity index (χ0v) is 9.11. The third-order valence-corrected chi connectivity index (χ3v) is 2.68. The van der Waals surface area contributed by atoms with Crippen LogP contribution in [0.15, 0.2) is 6.20 Å². The summed E-state index contributed by atoms with van der Waals surface area (Å²) in [7, 11) is -3.93. The summed E-state index contributed by atoms with van der Waals surface area (Å²) in [6, 6.07) is 0. The van der Waals surface area contributed by atoms with E-state index in [-0.39, 0.29) is 18.0 Å². The van der Waals surface area contributed by atoms with Crippen molar-refractivity contribution in [1.29, 1.82) is 0 Å². The molecule has 1 aromatic rings. The van der Waals surface area contributed by atoms with Gasteiger partial charge in [-0.15, -0.1) is 0 Å². The summed E-state index contributed by atoms with van der Waals surface area (Å²) < 4.78 is 29.2. The Morgan fingerprint density at radius 1 is 1.50 bits per heavy atom. The highest BCUT2D eigenvalue weighted by Gasteiger charge is 2.10. The van der Waals surface area contributed by atoms with Gasteiger partial charge >= 0.3 is 5.82 Å². The van der Waals surface area contributed by atoms with E-state index in [0.717, 1.165) is 6.20 Å². The van der Waals surface area contributed by atoms with Crippen molar-refractivity contribution in [2.75, 3.05) is 5.75 Å². The molecule has 0 unspecified atom stereocenters. The van der Waals surface area contributed by atoms with Crippen molar-refractivity contribution in [1.82, 2.24) is 9.97 Å². The average Bonchev–Trinajstić information content (AvgIpc) is 2.59. The third kappa shape index (κ3) is 4.36. The average molecular weight is 249 g/mol. The Balaban J connectivity index is 2.35. The Morgan fingerprint density at radius 3 is 2.69 bits per heavy atom. The summed E-state index contributed by atoms with van der Waals surface area (Å²) in [6.45, 7) is 0. The minimum absolute atomic E-state index is 0.190. The van der Waals surface area contributed by atoms with Crippen molar-refractivity contribution in [3.63, 3.8) is 0 Å². The fourth-order valence-electron chi connectivity index (χ4n) is 1.15. The highest BCUT2D eigenvalue weighted by Crippen LogP contribution is 2.08. The van der Waals surface area contributed by atoms with Gasteiger partial charge < -0.3 is 10.1 Å². The standard InChI is InChI=1S/C7H11N3O5S/c11-10(12)7-5-8-6(9-7)3-1-2-4-16(13,14)15/h5H,1-4H2,(H,8,9)(H,13,14,15). The largest absolute Gasteiger partial charge is 0.358 e. The number of imidazole rings is 1. The van der Waals surface area contributed by atoms with Crippen LogP contribution in [0.2, 0.25) is 0 Å². The normalized spacial score (nSPS) is 11.6. The first-order valence-corrected chi connectivity index (χ1v) is 6.13. The van der Waals surface area contributed by atoms with Gasteiger partial charge in [0.1, 0.15) is 6.20 Å². The lowest BCUT2D eigenvalue weighted by Crippen LogP contribution is -2.04. The molecule has 9 heteroatoms. The number of nitrogens with zero attached hydrogens (tertiary/aromatic N) is 2. The molecular weight excluding hydrogens is 238 g/mol. The van der Waals surface area contributed by atoms with Crippen LogP contribution in [-0.4, -0.2) is 33.6 Å². The molecule has 2 N–H and O–H groups in total. The SMILES string of the molecule is O=[N+]([O-])c1cnc(CCCCS(=O)(=O)O)[nH]1. The molecule has 1 aromatic heterocycles. The predicted octanol–water partition coefficient (Wildman–Crippen LogP) is 0.528. The molecular formula is C7H11N3O5S. The number of nitrogens with one attached hydrogen (secondary N) is 1. The number of H-pyrrole nitrogens is 1. The minimum Gasteiger partial charge on any atom is -0.358 e. The van der Waals surface area contributed by atoms with E-state index >= 15 is 0 Å². The quantitative estimate of drug-likeness (QED) is 0.327. The molecule has 1 rings (SSSR count). The van der Waals surface area contributed by atoms with Gasteiger partial charge in [0, 0.05) is 6.42 Å². The van der Waals surface area contributed by atoms with E-state index in [4.69, 9.17) is 4.55 Å². The molecule has 0 saturated heterocycles. The van der Waals surface area contributed by atoms with Crippen LogP contribution in [0, 0.1) is 10.1 Å². The minimum atomic E-state index is -3.93. The van der Waals surface area contributed by atoms with E-state index in [1.807, 2.05) is 0 Å². The van der Waals surface area contributed by atoms with E-state index in [9.17, 15) is 18.5 Å². The van der Waals surface area contributed by atoms with Gasteiger partial charge in [-0.1, -0.05) is 0 Å². The van der Waals surface area contributed by atoms with Crippen LogP contribution in [0.25, 0.3) is 0 Å². The van der Waals surface area contributed by atoms with E-state index < -0.39 is 15.0 Å². The molecule has 16 heavy (non-hydrogen) atoms. The van der Waals surface area contributed by atoms with E-state index in [1.165, 1.54) is 0 Å². The zero-order chi connectivity index (χ0) is 12.2. The number of nitro groups is 1. The van der Waals surface area contributed by atoms with Crippen molar-refractivity contribution in [3.8, 4) is 0 Å². The molecule has 0 fully saturated rings. The van der Waals surface area contributed by atoms with E-state index in [2.05, 4.69) is 9.97 Å². The Bertz CT molecular complexity index is 466. The number of aromatic amines is 1. The molecule has 0 amide bonds. The van der Waals surface area contributed by atoms with Gasteiger partial charge in [-0.05, 0) is 17.8 Å². The van der Waals surface area contributed by atoms with Crippen molar-refractivity contribution in [2.24, 2.45) is 0 Å². The molecule has 8 nitrogen and oxygen atoms in total. The highest BCUT2D eigenvalue weighted by molar-refractivity contribution is 7.85. The number of hydrogen-bond acceptors (Lipinski definition) is 5. The molecule has 0 aliphatic heterocycles. The highest BCUT2D eigenvalue weighted by atomic mass is 32.2. The first kappa shape index (κ1) is 12.6. The third-order valence-electron chi connectivity index (χ3n) is 1.88. The van der Waals surface area contributed by atoms with Gasteiger partial charge in [0.25, 0.3) is 10.1 Å². The van der Waals surface area contributed by atoms with Crippen molar-refractivity contribution in [3.05, 3.63) is 22.1 Å². The van der Waals surface area contributed by atoms with Gasteiger partial charge in [-0.3, -0.25) is 4.55 Å². The maximum absolute atomic E-state index is 10.4. The van der Waals surface area contributed by atoms with Crippen LogP contribution in [0.5, 0.6) is 0 Å². The maximum Gasteiger partial charge on any atom is 0.340 e. The van der Waals surface area contributed by atoms with Crippen LogP contribution in [-0.2, 0) is 16.5 Å². The van der Waals surface area contributed by atoms with E-state index in [0.29, 0.717) is 18.7 Å².